The lowest BCUT2D eigenvalue weighted by molar-refractivity contribution is 0.0952. The summed E-state index contributed by atoms with van der Waals surface area (Å²) in [7, 11) is 0. The van der Waals surface area contributed by atoms with Crippen molar-refractivity contribution in [3.63, 3.8) is 0 Å². The molecule has 7 heteroatoms. The first-order valence-electron chi connectivity index (χ1n) is 7.31. The SMILES string of the molecule is CCNC(=NCCNC(=O)c1ccccc1O)NC1CC1.I. The number of hydrogen-bond acceptors (Lipinski definition) is 3. The fourth-order valence-corrected chi connectivity index (χ4v) is 1.84. The Hall–Kier alpha value is -1.51. The van der Waals surface area contributed by atoms with E-state index in [1.807, 2.05) is 6.92 Å². The highest BCUT2D eigenvalue weighted by atomic mass is 127. The Morgan fingerprint density at radius 1 is 1.32 bits per heavy atom. The number of phenols is 1. The number of nitrogens with one attached hydrogen (secondary N) is 3. The molecule has 0 unspecified atom stereocenters. The number of aromatic hydroxyl groups is 1. The number of rotatable bonds is 6. The summed E-state index contributed by atoms with van der Waals surface area (Å²) < 4.78 is 0. The van der Waals surface area contributed by atoms with Crippen molar-refractivity contribution in [3.8, 4) is 5.75 Å². The number of nitrogens with zero attached hydrogens (tertiary/aromatic N) is 1. The maximum Gasteiger partial charge on any atom is 0.255 e. The van der Waals surface area contributed by atoms with Crippen LogP contribution in [0.2, 0.25) is 0 Å². The molecule has 0 aromatic heterocycles. The van der Waals surface area contributed by atoms with Gasteiger partial charge in [-0.25, -0.2) is 0 Å². The molecule has 122 valence electrons. The number of guanidine groups is 1. The van der Waals surface area contributed by atoms with E-state index in [9.17, 15) is 9.90 Å². The normalized spacial score (nSPS) is 14.0. The number of phenolic OH excluding ortho intramolecular Hbond substituents is 1. The lowest BCUT2D eigenvalue weighted by atomic mass is 10.2. The van der Waals surface area contributed by atoms with Crippen molar-refractivity contribution < 1.29 is 9.90 Å². The van der Waals surface area contributed by atoms with Crippen molar-refractivity contribution >= 4 is 35.8 Å². The Morgan fingerprint density at radius 3 is 2.68 bits per heavy atom. The summed E-state index contributed by atoms with van der Waals surface area (Å²) in [5.74, 6) is 0.488. The van der Waals surface area contributed by atoms with Gasteiger partial charge in [-0.2, -0.15) is 0 Å². The van der Waals surface area contributed by atoms with Crippen molar-refractivity contribution in [2.75, 3.05) is 19.6 Å². The fourth-order valence-electron chi connectivity index (χ4n) is 1.84. The molecule has 2 rings (SSSR count). The summed E-state index contributed by atoms with van der Waals surface area (Å²) >= 11 is 0. The van der Waals surface area contributed by atoms with Gasteiger partial charge in [-0.1, -0.05) is 12.1 Å². The van der Waals surface area contributed by atoms with Crippen molar-refractivity contribution in [1.82, 2.24) is 16.0 Å². The maximum atomic E-state index is 11.9. The first kappa shape index (κ1) is 18.5. The molecule has 0 aliphatic heterocycles. The highest BCUT2D eigenvalue weighted by Crippen LogP contribution is 2.18. The van der Waals surface area contributed by atoms with Crippen LogP contribution in [0.1, 0.15) is 30.1 Å². The molecule has 1 amide bonds. The standard InChI is InChI=1S/C15H22N4O2.HI/c1-2-16-15(19-11-7-8-11)18-10-9-17-14(21)12-5-3-4-6-13(12)20;/h3-6,11,20H,2,7-10H2,1H3,(H,17,21)(H2,16,18,19);1H. The molecular weight excluding hydrogens is 395 g/mol. The summed E-state index contributed by atoms with van der Waals surface area (Å²) in [5, 5.41) is 18.8. The van der Waals surface area contributed by atoms with Crippen LogP contribution in [-0.2, 0) is 0 Å². The van der Waals surface area contributed by atoms with Gasteiger partial charge in [-0.3, -0.25) is 9.79 Å². The molecule has 1 aromatic carbocycles. The minimum Gasteiger partial charge on any atom is -0.507 e. The van der Waals surface area contributed by atoms with Gasteiger partial charge in [0.15, 0.2) is 5.96 Å². The summed E-state index contributed by atoms with van der Waals surface area (Å²) in [6.45, 7) is 3.74. The van der Waals surface area contributed by atoms with Gasteiger partial charge in [0.1, 0.15) is 5.75 Å². The second-order valence-corrected chi connectivity index (χ2v) is 4.95. The number of halogens is 1. The monoisotopic (exact) mass is 418 g/mol. The number of carbonyl (C=O) groups is 1. The van der Waals surface area contributed by atoms with E-state index in [4.69, 9.17) is 0 Å². The number of aliphatic imine (C=N–C) groups is 1. The molecule has 0 atom stereocenters. The number of carbonyl (C=O) groups excluding carboxylic acids is 1. The van der Waals surface area contributed by atoms with Crippen molar-refractivity contribution in [3.05, 3.63) is 29.8 Å². The summed E-state index contributed by atoms with van der Waals surface area (Å²) in [4.78, 5) is 16.3. The minimum absolute atomic E-state index is 0. The highest BCUT2D eigenvalue weighted by molar-refractivity contribution is 14.0. The molecule has 1 aliphatic rings. The molecule has 0 radical (unpaired) electrons. The smallest absolute Gasteiger partial charge is 0.255 e. The van der Waals surface area contributed by atoms with Crippen LogP contribution in [-0.4, -0.2) is 42.6 Å². The van der Waals surface area contributed by atoms with Crippen molar-refractivity contribution in [2.24, 2.45) is 4.99 Å². The zero-order valence-corrected chi connectivity index (χ0v) is 15.0. The average Bonchev–Trinajstić information content (AvgIpc) is 3.28. The van der Waals surface area contributed by atoms with Gasteiger partial charge < -0.3 is 21.1 Å². The topological polar surface area (TPSA) is 85.8 Å². The van der Waals surface area contributed by atoms with Crippen LogP contribution in [0.15, 0.2) is 29.3 Å². The molecule has 1 aliphatic carbocycles. The van der Waals surface area contributed by atoms with Gasteiger partial charge in [0.2, 0.25) is 0 Å². The molecule has 1 fully saturated rings. The highest BCUT2D eigenvalue weighted by Gasteiger charge is 2.21. The average molecular weight is 418 g/mol. The Morgan fingerprint density at radius 2 is 2.05 bits per heavy atom. The van der Waals surface area contributed by atoms with Gasteiger partial charge in [-0.15, -0.1) is 24.0 Å². The van der Waals surface area contributed by atoms with Crippen LogP contribution in [0.25, 0.3) is 0 Å². The van der Waals surface area contributed by atoms with Crippen molar-refractivity contribution in [2.45, 2.75) is 25.8 Å². The molecule has 22 heavy (non-hydrogen) atoms. The lowest BCUT2D eigenvalue weighted by Gasteiger charge is -2.10. The lowest BCUT2D eigenvalue weighted by Crippen LogP contribution is -2.39. The Balaban J connectivity index is 0.00000242. The maximum absolute atomic E-state index is 11.9. The Kier molecular flexibility index (Phi) is 8.00. The second kappa shape index (κ2) is 9.50. The van der Waals surface area contributed by atoms with Crippen LogP contribution < -0.4 is 16.0 Å². The number of benzene rings is 1. The Labute approximate surface area is 147 Å². The van der Waals surface area contributed by atoms with Crippen LogP contribution >= 0.6 is 24.0 Å². The van der Waals surface area contributed by atoms with E-state index < -0.39 is 0 Å². The zero-order chi connectivity index (χ0) is 15.1. The largest absolute Gasteiger partial charge is 0.507 e. The van der Waals surface area contributed by atoms with Crippen molar-refractivity contribution in [1.29, 1.82) is 0 Å². The molecule has 1 aromatic rings. The third-order valence-electron chi connectivity index (χ3n) is 3.08. The van der Waals surface area contributed by atoms with E-state index >= 15 is 0 Å². The van der Waals surface area contributed by atoms with Gasteiger partial charge in [0.05, 0.1) is 12.1 Å². The molecule has 0 heterocycles. The van der Waals surface area contributed by atoms with E-state index in [-0.39, 0.29) is 41.2 Å². The van der Waals surface area contributed by atoms with E-state index in [1.54, 1.807) is 18.2 Å². The van der Waals surface area contributed by atoms with Crippen LogP contribution in [0.5, 0.6) is 5.75 Å². The summed E-state index contributed by atoms with van der Waals surface area (Å²) in [5.41, 5.74) is 0.282. The summed E-state index contributed by atoms with van der Waals surface area (Å²) in [6, 6.07) is 7.03. The summed E-state index contributed by atoms with van der Waals surface area (Å²) in [6.07, 6.45) is 2.38. The van der Waals surface area contributed by atoms with Gasteiger partial charge in [-0.05, 0) is 31.9 Å². The molecule has 0 spiro atoms. The third-order valence-corrected chi connectivity index (χ3v) is 3.08. The second-order valence-electron chi connectivity index (χ2n) is 4.95. The zero-order valence-electron chi connectivity index (χ0n) is 12.6. The predicted octanol–water partition coefficient (Wildman–Crippen LogP) is 1.46. The molecule has 1 saturated carbocycles. The third kappa shape index (κ3) is 6.08. The van der Waals surface area contributed by atoms with Crippen LogP contribution in [0.3, 0.4) is 0 Å². The fraction of sp³-hybridized carbons (Fsp3) is 0.467. The predicted molar refractivity (Wildman–Crippen MR) is 98.0 cm³/mol. The van der Waals surface area contributed by atoms with Crippen LogP contribution in [0, 0.1) is 0 Å². The van der Waals surface area contributed by atoms with E-state index in [0.29, 0.717) is 19.1 Å². The first-order valence-corrected chi connectivity index (χ1v) is 7.31. The minimum atomic E-state index is -0.288. The number of amides is 1. The van der Waals surface area contributed by atoms with Crippen LogP contribution in [0.4, 0.5) is 0 Å². The number of para-hydroxylation sites is 1. The van der Waals surface area contributed by atoms with E-state index in [0.717, 1.165) is 12.5 Å². The molecule has 4 N–H and O–H groups in total. The van der Waals surface area contributed by atoms with E-state index in [2.05, 4.69) is 20.9 Å². The molecule has 0 saturated heterocycles. The Bertz CT molecular complexity index is 518. The number of hydrogen-bond donors (Lipinski definition) is 4. The van der Waals surface area contributed by atoms with E-state index in [1.165, 1.54) is 18.9 Å². The molecule has 0 bridgehead atoms. The van der Waals surface area contributed by atoms with Gasteiger partial charge >= 0.3 is 0 Å². The molecule has 6 nitrogen and oxygen atoms in total. The molecular formula is C15H23IN4O2. The first-order chi connectivity index (χ1) is 10.2. The van der Waals surface area contributed by atoms with Gasteiger partial charge in [0.25, 0.3) is 5.91 Å². The quantitative estimate of drug-likeness (QED) is 0.244. The van der Waals surface area contributed by atoms with Gasteiger partial charge in [0, 0.05) is 19.1 Å².